The summed E-state index contributed by atoms with van der Waals surface area (Å²) in [6, 6.07) is 0. The second kappa shape index (κ2) is 5.22. The van der Waals surface area contributed by atoms with E-state index in [1.165, 1.54) is 0 Å². The summed E-state index contributed by atoms with van der Waals surface area (Å²) in [5, 5.41) is 3.13. The minimum absolute atomic E-state index is 0.0350. The predicted molar refractivity (Wildman–Crippen MR) is 51.4 cm³/mol. The molecule has 0 amide bonds. The van der Waals surface area contributed by atoms with E-state index in [-0.39, 0.29) is 5.97 Å². The fourth-order valence-corrected chi connectivity index (χ4v) is 1.20. The zero-order valence-corrected chi connectivity index (χ0v) is 8.51. The van der Waals surface area contributed by atoms with Crippen LogP contribution in [0.2, 0.25) is 0 Å². The number of carbonyl (C=O) groups excluding carboxylic acids is 1. The summed E-state index contributed by atoms with van der Waals surface area (Å²) in [5.41, 5.74) is 0. The highest BCUT2D eigenvalue weighted by atomic mass is 16.5. The maximum atomic E-state index is 11.2. The van der Waals surface area contributed by atoms with Crippen molar-refractivity contribution in [3.05, 3.63) is 0 Å². The first-order valence-corrected chi connectivity index (χ1v) is 5.05. The molecule has 1 N–H and O–H groups in total. The Labute approximate surface area is 79.8 Å². The Bertz CT molecular complexity index is 164. The second-order valence-corrected chi connectivity index (χ2v) is 4.13. The zero-order valence-electron chi connectivity index (χ0n) is 8.51. The number of nitrogens with one attached hydrogen (secondary N) is 1. The Balaban J connectivity index is 1.97. The molecule has 0 aromatic rings. The third-order valence-corrected chi connectivity index (χ3v) is 2.28. The van der Waals surface area contributed by atoms with Crippen LogP contribution in [0.1, 0.15) is 26.7 Å². The molecule has 3 nitrogen and oxygen atoms in total. The van der Waals surface area contributed by atoms with Gasteiger partial charge in [0.25, 0.3) is 0 Å². The molecule has 3 heteroatoms. The molecule has 0 spiro atoms. The third kappa shape index (κ3) is 4.27. The topological polar surface area (TPSA) is 38.3 Å². The van der Waals surface area contributed by atoms with Gasteiger partial charge in [-0.2, -0.15) is 0 Å². The standard InChI is InChI=1S/C10H19NO2/c1-8(2)3-4-13-10(12)5-9-6-11-7-9/h8-9,11H,3-7H2,1-2H3. The van der Waals surface area contributed by atoms with Crippen LogP contribution in [0.3, 0.4) is 0 Å². The number of carbonyl (C=O) groups is 1. The molecule has 76 valence electrons. The normalized spacial score (nSPS) is 17.2. The molecule has 0 saturated carbocycles. The van der Waals surface area contributed by atoms with Gasteiger partial charge >= 0.3 is 5.97 Å². The smallest absolute Gasteiger partial charge is 0.306 e. The summed E-state index contributed by atoms with van der Waals surface area (Å²) < 4.78 is 5.09. The Morgan fingerprint density at radius 1 is 1.54 bits per heavy atom. The van der Waals surface area contributed by atoms with Gasteiger partial charge in [0.05, 0.1) is 13.0 Å². The molecule has 13 heavy (non-hydrogen) atoms. The van der Waals surface area contributed by atoms with Gasteiger partial charge in [0.2, 0.25) is 0 Å². The SMILES string of the molecule is CC(C)CCOC(=O)CC1CNC1. The van der Waals surface area contributed by atoms with Crippen molar-refractivity contribution in [1.29, 1.82) is 0 Å². The van der Waals surface area contributed by atoms with Crippen LogP contribution in [-0.4, -0.2) is 25.7 Å². The molecule has 0 bridgehead atoms. The maximum Gasteiger partial charge on any atom is 0.306 e. The van der Waals surface area contributed by atoms with E-state index in [2.05, 4.69) is 19.2 Å². The molecule has 0 aromatic heterocycles. The Hall–Kier alpha value is -0.570. The van der Waals surface area contributed by atoms with Crippen LogP contribution in [0.4, 0.5) is 0 Å². The molecule has 1 saturated heterocycles. The van der Waals surface area contributed by atoms with E-state index in [0.29, 0.717) is 24.9 Å². The molecule has 0 aromatic carbocycles. The summed E-state index contributed by atoms with van der Waals surface area (Å²) in [7, 11) is 0. The van der Waals surface area contributed by atoms with E-state index in [4.69, 9.17) is 4.74 Å². The summed E-state index contributed by atoms with van der Waals surface area (Å²) in [4.78, 5) is 11.2. The first-order valence-electron chi connectivity index (χ1n) is 5.05. The fourth-order valence-electron chi connectivity index (χ4n) is 1.20. The monoisotopic (exact) mass is 185 g/mol. The lowest BCUT2D eigenvalue weighted by Crippen LogP contribution is -2.43. The van der Waals surface area contributed by atoms with Gasteiger partial charge in [-0.25, -0.2) is 0 Å². The van der Waals surface area contributed by atoms with E-state index >= 15 is 0 Å². The quantitative estimate of drug-likeness (QED) is 0.654. The van der Waals surface area contributed by atoms with Crippen molar-refractivity contribution in [2.24, 2.45) is 11.8 Å². The lowest BCUT2D eigenvalue weighted by molar-refractivity contribution is -0.145. The first kappa shape index (κ1) is 10.5. The molecule has 0 radical (unpaired) electrons. The van der Waals surface area contributed by atoms with Gasteiger partial charge in [-0.3, -0.25) is 4.79 Å². The maximum absolute atomic E-state index is 11.2. The molecule has 1 heterocycles. The molecule has 1 rings (SSSR count). The van der Waals surface area contributed by atoms with Crippen LogP contribution in [0.5, 0.6) is 0 Å². The Morgan fingerprint density at radius 3 is 2.69 bits per heavy atom. The predicted octanol–water partition coefficient (Wildman–Crippen LogP) is 1.19. The summed E-state index contributed by atoms with van der Waals surface area (Å²) in [5.74, 6) is 1.09. The van der Waals surface area contributed by atoms with Crippen molar-refractivity contribution in [2.45, 2.75) is 26.7 Å². The van der Waals surface area contributed by atoms with Gasteiger partial charge in [0, 0.05) is 0 Å². The van der Waals surface area contributed by atoms with Crippen molar-refractivity contribution < 1.29 is 9.53 Å². The summed E-state index contributed by atoms with van der Waals surface area (Å²) in [6.07, 6.45) is 1.56. The van der Waals surface area contributed by atoms with Crippen molar-refractivity contribution in [3.63, 3.8) is 0 Å². The zero-order chi connectivity index (χ0) is 9.68. The van der Waals surface area contributed by atoms with Crippen LogP contribution in [0.25, 0.3) is 0 Å². The van der Waals surface area contributed by atoms with Crippen LogP contribution in [-0.2, 0) is 9.53 Å². The number of hydrogen-bond acceptors (Lipinski definition) is 3. The van der Waals surface area contributed by atoms with Crippen LogP contribution in [0.15, 0.2) is 0 Å². The highest BCUT2D eigenvalue weighted by molar-refractivity contribution is 5.69. The van der Waals surface area contributed by atoms with E-state index in [0.717, 1.165) is 19.5 Å². The van der Waals surface area contributed by atoms with E-state index < -0.39 is 0 Å². The molecular weight excluding hydrogens is 166 g/mol. The second-order valence-electron chi connectivity index (χ2n) is 4.13. The summed E-state index contributed by atoms with van der Waals surface area (Å²) >= 11 is 0. The third-order valence-electron chi connectivity index (χ3n) is 2.28. The molecule has 0 aliphatic carbocycles. The minimum Gasteiger partial charge on any atom is -0.466 e. The first-order chi connectivity index (χ1) is 6.18. The molecule has 0 atom stereocenters. The van der Waals surface area contributed by atoms with E-state index in [9.17, 15) is 4.79 Å². The number of ether oxygens (including phenoxy) is 1. The van der Waals surface area contributed by atoms with Crippen molar-refractivity contribution in [1.82, 2.24) is 5.32 Å². The van der Waals surface area contributed by atoms with Gasteiger partial charge in [-0.15, -0.1) is 0 Å². The molecule has 1 fully saturated rings. The van der Waals surface area contributed by atoms with Crippen LogP contribution >= 0.6 is 0 Å². The molecule has 0 unspecified atom stereocenters. The van der Waals surface area contributed by atoms with Crippen molar-refractivity contribution in [3.8, 4) is 0 Å². The van der Waals surface area contributed by atoms with Gasteiger partial charge in [0.1, 0.15) is 0 Å². The average molecular weight is 185 g/mol. The fraction of sp³-hybridized carbons (Fsp3) is 0.900. The molecule has 1 aliphatic heterocycles. The van der Waals surface area contributed by atoms with Gasteiger partial charge in [0.15, 0.2) is 0 Å². The van der Waals surface area contributed by atoms with E-state index in [1.807, 2.05) is 0 Å². The largest absolute Gasteiger partial charge is 0.466 e. The Morgan fingerprint density at radius 2 is 2.23 bits per heavy atom. The van der Waals surface area contributed by atoms with Gasteiger partial charge in [-0.05, 0) is 31.3 Å². The number of esters is 1. The lowest BCUT2D eigenvalue weighted by atomic mass is 10.00. The van der Waals surface area contributed by atoms with Gasteiger partial charge in [-0.1, -0.05) is 13.8 Å². The van der Waals surface area contributed by atoms with Crippen molar-refractivity contribution >= 4 is 5.97 Å². The number of hydrogen-bond donors (Lipinski definition) is 1. The molecular formula is C10H19NO2. The minimum atomic E-state index is -0.0350. The lowest BCUT2D eigenvalue weighted by Gasteiger charge is -2.25. The number of rotatable bonds is 5. The van der Waals surface area contributed by atoms with E-state index in [1.54, 1.807) is 0 Å². The van der Waals surface area contributed by atoms with Gasteiger partial charge < -0.3 is 10.1 Å². The highest BCUT2D eigenvalue weighted by Gasteiger charge is 2.20. The summed E-state index contributed by atoms with van der Waals surface area (Å²) in [6.45, 7) is 6.78. The Kier molecular flexibility index (Phi) is 4.22. The average Bonchev–Trinajstić information content (AvgIpc) is 1.96. The molecule has 1 aliphatic rings. The van der Waals surface area contributed by atoms with Crippen molar-refractivity contribution in [2.75, 3.05) is 19.7 Å². The van der Waals surface area contributed by atoms with Crippen LogP contribution in [0, 0.1) is 11.8 Å². The van der Waals surface area contributed by atoms with Crippen LogP contribution < -0.4 is 5.32 Å². The highest BCUT2D eigenvalue weighted by Crippen LogP contribution is 2.09.